The highest BCUT2D eigenvalue weighted by Crippen LogP contribution is 2.36. The van der Waals surface area contributed by atoms with Crippen LogP contribution in [0.5, 0.6) is 0 Å². The van der Waals surface area contributed by atoms with Gasteiger partial charge in [-0.25, -0.2) is 8.61 Å². The Balaban J connectivity index is 1.63. The van der Waals surface area contributed by atoms with Crippen molar-refractivity contribution in [2.24, 2.45) is 0 Å². The first-order valence-electron chi connectivity index (χ1n) is 15.1. The number of piperidine rings is 2. The second-order valence-electron chi connectivity index (χ2n) is 13.0. The third kappa shape index (κ3) is 7.97. The molecule has 18 heteroatoms. The SMILES string of the molecule is C[N+]1(Cc2ccccc2)CCC(N(C(=O)C(=O)N(C2CC[N+](C)(Cc3ccccc3)CC2)S(=O)(=O)C(F)(F)F)S(=O)(=O)C(F)(F)F)CC1. The van der Waals surface area contributed by atoms with Crippen molar-refractivity contribution >= 4 is 31.9 Å². The van der Waals surface area contributed by atoms with Gasteiger partial charge in [-0.2, -0.15) is 43.2 Å². The van der Waals surface area contributed by atoms with Gasteiger partial charge in [-0.05, 0) is 0 Å². The molecule has 0 bridgehead atoms. The van der Waals surface area contributed by atoms with Gasteiger partial charge in [0.15, 0.2) is 0 Å². The standard InChI is InChI=1S/C30H38F6N4O6S2/c1-39(21-23-9-5-3-6-10-23)17-13-25(14-18-39)37(47(43,44)29(31,32)33)27(41)28(42)38(48(45,46)30(34,35)36)26-15-19-40(2,20-16-26)22-24-11-7-4-8-12-24/h3-12,25-26H,13-22H2,1-2H3/q+2. The lowest BCUT2D eigenvalue weighted by Crippen LogP contribution is -2.63. The molecular weight excluding hydrogens is 690 g/mol. The first-order valence-corrected chi connectivity index (χ1v) is 18.0. The molecule has 2 aliphatic rings. The minimum absolute atomic E-state index is 0.0516. The maximum Gasteiger partial charge on any atom is 0.516 e. The van der Waals surface area contributed by atoms with Crippen molar-refractivity contribution in [2.45, 2.75) is 61.9 Å². The third-order valence-electron chi connectivity index (χ3n) is 9.17. The lowest BCUT2D eigenvalue weighted by molar-refractivity contribution is -0.927. The van der Waals surface area contributed by atoms with Crippen molar-refractivity contribution in [2.75, 3.05) is 40.3 Å². The summed E-state index contributed by atoms with van der Waals surface area (Å²) in [5.74, 6) is -5.01. The molecule has 2 aliphatic heterocycles. The van der Waals surface area contributed by atoms with Crippen molar-refractivity contribution in [3.05, 3.63) is 71.8 Å². The van der Waals surface area contributed by atoms with Gasteiger partial charge in [0.1, 0.15) is 13.1 Å². The molecule has 266 valence electrons. The maximum absolute atomic E-state index is 13.9. The highest BCUT2D eigenvalue weighted by Gasteiger charge is 2.60. The molecule has 2 saturated heterocycles. The number of halogens is 6. The molecule has 0 unspecified atom stereocenters. The summed E-state index contributed by atoms with van der Waals surface area (Å²) in [5.41, 5.74) is -10.5. The lowest BCUT2D eigenvalue weighted by Gasteiger charge is -2.44. The van der Waals surface area contributed by atoms with Gasteiger partial charge in [-0.3, -0.25) is 9.59 Å². The van der Waals surface area contributed by atoms with Crippen molar-refractivity contribution in [3.63, 3.8) is 0 Å². The molecule has 48 heavy (non-hydrogen) atoms. The summed E-state index contributed by atoms with van der Waals surface area (Å²) < 4.78 is 134. The molecule has 0 atom stereocenters. The molecule has 0 saturated carbocycles. The monoisotopic (exact) mass is 728 g/mol. The van der Waals surface area contributed by atoms with Gasteiger partial charge in [-0.1, -0.05) is 60.7 Å². The second kappa shape index (κ2) is 13.6. The van der Waals surface area contributed by atoms with E-state index in [0.717, 1.165) is 11.1 Å². The fourth-order valence-electron chi connectivity index (χ4n) is 6.54. The Labute approximate surface area is 275 Å². The summed E-state index contributed by atoms with van der Waals surface area (Å²) in [6.45, 7) is 1.03. The molecule has 2 fully saturated rings. The molecule has 0 spiro atoms. The number of nitrogens with zero attached hydrogens (tertiary/aromatic N) is 4. The smallest absolute Gasteiger partial charge is 0.322 e. The zero-order valence-corrected chi connectivity index (χ0v) is 28.0. The number of benzene rings is 2. The Kier molecular flexibility index (Phi) is 10.6. The number of amides is 2. The van der Waals surface area contributed by atoms with E-state index in [-0.39, 0.29) is 60.8 Å². The van der Waals surface area contributed by atoms with Gasteiger partial charge < -0.3 is 8.97 Å². The van der Waals surface area contributed by atoms with Crippen LogP contribution in [0.15, 0.2) is 60.7 Å². The molecule has 2 amide bonds. The fraction of sp³-hybridized carbons (Fsp3) is 0.533. The van der Waals surface area contributed by atoms with E-state index in [4.69, 9.17) is 0 Å². The Morgan fingerprint density at radius 1 is 0.604 bits per heavy atom. The van der Waals surface area contributed by atoms with E-state index >= 15 is 0 Å². The van der Waals surface area contributed by atoms with Crippen LogP contribution < -0.4 is 0 Å². The van der Waals surface area contributed by atoms with E-state index in [1.807, 2.05) is 24.3 Å². The maximum atomic E-state index is 13.9. The van der Waals surface area contributed by atoms with Crippen LogP contribution in [-0.2, 0) is 42.7 Å². The Morgan fingerprint density at radius 2 is 0.875 bits per heavy atom. The van der Waals surface area contributed by atoms with Crippen LogP contribution in [0.25, 0.3) is 0 Å². The lowest BCUT2D eigenvalue weighted by atomic mass is 10.0. The number of sulfonamides is 2. The zero-order valence-electron chi connectivity index (χ0n) is 26.3. The normalized spacial score (nSPS) is 25.7. The summed E-state index contributed by atoms with van der Waals surface area (Å²) in [7, 11) is -9.72. The average Bonchev–Trinajstić information content (AvgIpc) is 2.99. The number of likely N-dealkylation sites (tertiary alicyclic amines) is 2. The molecule has 0 N–H and O–H groups in total. The van der Waals surface area contributed by atoms with Crippen LogP contribution >= 0.6 is 0 Å². The zero-order chi connectivity index (χ0) is 35.8. The summed E-state index contributed by atoms with van der Waals surface area (Å²) >= 11 is 0. The molecule has 2 aromatic carbocycles. The molecule has 2 aromatic rings. The van der Waals surface area contributed by atoms with E-state index in [9.17, 15) is 52.8 Å². The number of hydrogen-bond donors (Lipinski definition) is 0. The van der Waals surface area contributed by atoms with E-state index in [0.29, 0.717) is 13.1 Å². The van der Waals surface area contributed by atoms with Crippen molar-refractivity contribution in [1.82, 2.24) is 8.61 Å². The number of hydrogen-bond acceptors (Lipinski definition) is 6. The largest absolute Gasteiger partial charge is 0.516 e. The molecule has 10 nitrogen and oxygen atoms in total. The van der Waals surface area contributed by atoms with Gasteiger partial charge >= 0.3 is 42.9 Å². The van der Waals surface area contributed by atoms with Gasteiger partial charge in [0.25, 0.3) is 0 Å². The van der Waals surface area contributed by atoms with Crippen LogP contribution in [0.3, 0.4) is 0 Å². The number of carbonyl (C=O) groups excluding carboxylic acids is 2. The van der Waals surface area contributed by atoms with Crippen LogP contribution in [0, 0.1) is 0 Å². The van der Waals surface area contributed by atoms with E-state index in [2.05, 4.69) is 0 Å². The topological polar surface area (TPSA) is 109 Å². The van der Waals surface area contributed by atoms with Crippen LogP contribution in [0.2, 0.25) is 0 Å². The Morgan fingerprint density at radius 3 is 1.12 bits per heavy atom. The van der Waals surface area contributed by atoms with E-state index in [1.54, 1.807) is 50.5 Å². The summed E-state index contributed by atoms with van der Waals surface area (Å²) in [5, 5.41) is 0. The molecule has 2 heterocycles. The van der Waals surface area contributed by atoms with Gasteiger partial charge in [0, 0.05) is 36.8 Å². The second-order valence-corrected chi connectivity index (χ2v) is 16.6. The Bertz CT molecular complexity index is 1550. The van der Waals surface area contributed by atoms with Crippen LogP contribution in [-0.4, -0.2) is 110 Å². The molecular formula is C30H38F6N4O6S2+2. The first kappa shape index (κ1) is 37.6. The van der Waals surface area contributed by atoms with Crippen molar-refractivity contribution in [1.29, 1.82) is 0 Å². The first-order chi connectivity index (χ1) is 22.1. The van der Waals surface area contributed by atoms with Crippen molar-refractivity contribution < 1.29 is 61.7 Å². The molecule has 0 radical (unpaired) electrons. The highest BCUT2D eigenvalue weighted by atomic mass is 32.2. The number of quaternary nitrogens is 2. The van der Waals surface area contributed by atoms with Crippen LogP contribution in [0.4, 0.5) is 26.3 Å². The predicted molar refractivity (Wildman–Crippen MR) is 162 cm³/mol. The number of carbonyl (C=O) groups is 2. The van der Waals surface area contributed by atoms with Gasteiger partial charge in [-0.15, -0.1) is 0 Å². The molecule has 0 aliphatic carbocycles. The third-order valence-corrected chi connectivity index (χ3v) is 12.3. The Hall–Kier alpha value is -3.22. The van der Waals surface area contributed by atoms with E-state index in [1.165, 1.54) is 0 Å². The highest BCUT2D eigenvalue weighted by molar-refractivity contribution is 7.91. The summed E-state index contributed by atoms with van der Waals surface area (Å²) in [6, 6.07) is 14.5. The minimum Gasteiger partial charge on any atom is -0.322 e. The number of rotatable bonds is 8. The van der Waals surface area contributed by atoms with Crippen LogP contribution in [0.1, 0.15) is 36.8 Å². The predicted octanol–water partition coefficient (Wildman–Crippen LogP) is 3.96. The number of alkyl halides is 6. The summed E-state index contributed by atoms with van der Waals surface area (Å²) in [4.78, 5) is 27.1. The minimum atomic E-state index is -6.63. The van der Waals surface area contributed by atoms with Crippen molar-refractivity contribution in [3.8, 4) is 0 Å². The van der Waals surface area contributed by atoms with Gasteiger partial charge in [0.05, 0.1) is 52.4 Å². The molecule has 4 rings (SSSR count). The average molecular weight is 729 g/mol. The van der Waals surface area contributed by atoms with Gasteiger partial charge in [0.2, 0.25) is 0 Å². The molecule has 0 aromatic heterocycles. The quantitative estimate of drug-likeness (QED) is 0.232. The summed E-state index contributed by atoms with van der Waals surface area (Å²) in [6.07, 6.45) is -1.43. The van der Waals surface area contributed by atoms with E-state index < -0.39 is 63.6 Å². The fourth-order valence-corrected chi connectivity index (χ4v) is 8.79.